The molecule has 3 rings (SSSR count). The minimum absolute atomic E-state index is 0.0458. The van der Waals surface area contributed by atoms with Gasteiger partial charge in [-0.05, 0) is 55.7 Å². The van der Waals surface area contributed by atoms with Gasteiger partial charge in [0.05, 0.1) is 6.04 Å². The summed E-state index contributed by atoms with van der Waals surface area (Å²) in [6, 6.07) is 14.0. The van der Waals surface area contributed by atoms with Gasteiger partial charge in [0.15, 0.2) is 0 Å². The number of hydrogen-bond donors (Lipinski definition) is 3. The van der Waals surface area contributed by atoms with E-state index in [0.717, 1.165) is 17.7 Å². The van der Waals surface area contributed by atoms with E-state index in [1.807, 2.05) is 31.2 Å². The average molecular weight is 409 g/mol. The van der Waals surface area contributed by atoms with Crippen LogP contribution in [-0.2, 0) is 14.3 Å². The molecule has 3 N–H and O–H groups in total. The molecule has 0 aliphatic carbocycles. The summed E-state index contributed by atoms with van der Waals surface area (Å²) in [5.74, 6) is -0.469. The highest BCUT2D eigenvalue weighted by atomic mass is 16.5. The molecular weight excluding hydrogens is 382 g/mol. The lowest BCUT2D eigenvalue weighted by Gasteiger charge is -2.16. The first kappa shape index (κ1) is 21.5. The number of hydrogen-bond acceptors (Lipinski definition) is 4. The van der Waals surface area contributed by atoms with Gasteiger partial charge in [0, 0.05) is 30.0 Å². The number of rotatable bonds is 7. The van der Waals surface area contributed by atoms with Gasteiger partial charge in [-0.2, -0.15) is 0 Å². The maximum atomic E-state index is 12.7. The van der Waals surface area contributed by atoms with E-state index in [1.54, 1.807) is 31.2 Å². The van der Waals surface area contributed by atoms with Crippen molar-refractivity contribution in [1.29, 1.82) is 0 Å². The van der Waals surface area contributed by atoms with Crippen LogP contribution in [0.25, 0.3) is 0 Å². The zero-order valence-corrected chi connectivity index (χ0v) is 17.2. The van der Waals surface area contributed by atoms with E-state index in [1.165, 1.54) is 0 Å². The normalized spacial score (nSPS) is 16.5. The molecule has 0 saturated carbocycles. The number of ether oxygens (including phenoxy) is 1. The first-order valence-electron chi connectivity index (χ1n) is 10.2. The zero-order chi connectivity index (χ0) is 21.5. The number of nitrogens with one attached hydrogen (secondary N) is 3. The van der Waals surface area contributed by atoms with Gasteiger partial charge in [-0.3, -0.25) is 14.4 Å². The number of amides is 3. The molecule has 1 heterocycles. The highest BCUT2D eigenvalue weighted by Gasteiger charge is 2.23. The van der Waals surface area contributed by atoms with Crippen LogP contribution in [-0.4, -0.2) is 30.4 Å². The smallest absolute Gasteiger partial charge is 0.253 e. The quantitative estimate of drug-likeness (QED) is 0.650. The summed E-state index contributed by atoms with van der Waals surface area (Å²) in [6.45, 7) is 4.29. The second-order valence-corrected chi connectivity index (χ2v) is 7.29. The van der Waals surface area contributed by atoms with Gasteiger partial charge in [-0.15, -0.1) is 0 Å². The molecule has 2 atom stereocenters. The van der Waals surface area contributed by atoms with Crippen molar-refractivity contribution in [3.8, 4) is 0 Å². The second-order valence-electron chi connectivity index (χ2n) is 7.29. The van der Waals surface area contributed by atoms with Crippen LogP contribution in [0.4, 0.5) is 11.4 Å². The van der Waals surface area contributed by atoms with Crippen molar-refractivity contribution in [3.63, 3.8) is 0 Å². The van der Waals surface area contributed by atoms with E-state index in [0.29, 0.717) is 30.7 Å². The summed E-state index contributed by atoms with van der Waals surface area (Å²) in [4.78, 5) is 36.3. The summed E-state index contributed by atoms with van der Waals surface area (Å²) in [5, 5.41) is 8.56. The molecule has 7 heteroatoms. The zero-order valence-electron chi connectivity index (χ0n) is 17.2. The van der Waals surface area contributed by atoms with Crippen molar-refractivity contribution in [2.45, 2.75) is 45.3 Å². The Morgan fingerprint density at radius 2 is 1.83 bits per heavy atom. The van der Waals surface area contributed by atoms with Crippen LogP contribution in [0.2, 0.25) is 0 Å². The fourth-order valence-electron chi connectivity index (χ4n) is 3.21. The Labute approximate surface area is 176 Å². The van der Waals surface area contributed by atoms with Gasteiger partial charge in [0.25, 0.3) is 11.8 Å². The topological polar surface area (TPSA) is 96.5 Å². The van der Waals surface area contributed by atoms with Crippen LogP contribution in [0, 0.1) is 0 Å². The second kappa shape index (κ2) is 10.0. The van der Waals surface area contributed by atoms with E-state index in [9.17, 15) is 14.4 Å². The Morgan fingerprint density at radius 3 is 2.50 bits per heavy atom. The van der Waals surface area contributed by atoms with E-state index in [-0.39, 0.29) is 23.8 Å². The molecule has 1 fully saturated rings. The summed E-state index contributed by atoms with van der Waals surface area (Å²) < 4.78 is 5.39. The summed E-state index contributed by atoms with van der Waals surface area (Å²) in [7, 11) is 0. The summed E-state index contributed by atoms with van der Waals surface area (Å²) >= 11 is 0. The largest absolute Gasteiger partial charge is 0.368 e. The Morgan fingerprint density at radius 1 is 1.07 bits per heavy atom. The molecule has 7 nitrogen and oxygen atoms in total. The molecule has 3 amide bonds. The van der Waals surface area contributed by atoms with Gasteiger partial charge in [-0.1, -0.05) is 25.1 Å². The number of carbonyl (C=O) groups excluding carboxylic acids is 3. The molecule has 158 valence electrons. The molecule has 30 heavy (non-hydrogen) atoms. The van der Waals surface area contributed by atoms with Crippen LogP contribution in [0.5, 0.6) is 0 Å². The third-order valence-electron chi connectivity index (χ3n) is 4.98. The Hall–Kier alpha value is -3.19. The summed E-state index contributed by atoms with van der Waals surface area (Å²) in [5.41, 5.74) is 2.66. The van der Waals surface area contributed by atoms with Crippen molar-refractivity contribution in [2.24, 2.45) is 0 Å². The predicted molar refractivity (Wildman–Crippen MR) is 115 cm³/mol. The fraction of sp³-hybridized carbons (Fsp3) is 0.348. The molecule has 0 radical (unpaired) electrons. The predicted octanol–water partition coefficient (Wildman–Crippen LogP) is 3.64. The van der Waals surface area contributed by atoms with Crippen molar-refractivity contribution < 1.29 is 19.1 Å². The maximum absolute atomic E-state index is 12.7. The first-order chi connectivity index (χ1) is 14.5. The standard InChI is InChI=1S/C23H27N3O4/c1-3-21(27)25-18-11-9-16(10-12-18)15(2)24-22(28)17-6-4-7-19(14-17)26-23(29)20-8-5-13-30-20/h4,6-7,9-12,14-15,20H,3,5,8,13H2,1-2H3,(H,24,28)(H,25,27)(H,26,29). The van der Waals surface area contributed by atoms with E-state index < -0.39 is 6.10 Å². The lowest BCUT2D eigenvalue weighted by atomic mass is 10.1. The van der Waals surface area contributed by atoms with E-state index in [2.05, 4.69) is 16.0 Å². The number of benzene rings is 2. The van der Waals surface area contributed by atoms with Gasteiger partial charge in [0.2, 0.25) is 5.91 Å². The molecule has 2 aromatic carbocycles. The molecule has 1 saturated heterocycles. The van der Waals surface area contributed by atoms with Crippen LogP contribution < -0.4 is 16.0 Å². The third kappa shape index (κ3) is 5.67. The average Bonchev–Trinajstić information content (AvgIpc) is 3.29. The molecule has 2 unspecified atom stereocenters. The number of carbonyl (C=O) groups is 3. The Bertz CT molecular complexity index is 905. The van der Waals surface area contributed by atoms with Gasteiger partial charge >= 0.3 is 0 Å². The van der Waals surface area contributed by atoms with E-state index >= 15 is 0 Å². The molecule has 1 aliphatic rings. The van der Waals surface area contributed by atoms with Crippen molar-refractivity contribution in [2.75, 3.05) is 17.2 Å². The van der Waals surface area contributed by atoms with Crippen molar-refractivity contribution >= 4 is 29.1 Å². The van der Waals surface area contributed by atoms with Crippen molar-refractivity contribution in [1.82, 2.24) is 5.32 Å². The highest BCUT2D eigenvalue weighted by molar-refractivity contribution is 5.98. The van der Waals surface area contributed by atoms with Crippen LogP contribution in [0.15, 0.2) is 48.5 Å². The van der Waals surface area contributed by atoms with Crippen LogP contribution in [0.1, 0.15) is 55.1 Å². The van der Waals surface area contributed by atoms with Gasteiger partial charge in [0.1, 0.15) is 6.10 Å². The lowest BCUT2D eigenvalue weighted by Crippen LogP contribution is -2.28. The Balaban J connectivity index is 1.59. The molecule has 0 aromatic heterocycles. The van der Waals surface area contributed by atoms with Crippen molar-refractivity contribution in [3.05, 3.63) is 59.7 Å². The third-order valence-corrected chi connectivity index (χ3v) is 4.98. The lowest BCUT2D eigenvalue weighted by molar-refractivity contribution is -0.124. The molecule has 1 aliphatic heterocycles. The van der Waals surface area contributed by atoms with E-state index in [4.69, 9.17) is 4.74 Å². The van der Waals surface area contributed by atoms with Crippen LogP contribution in [0.3, 0.4) is 0 Å². The maximum Gasteiger partial charge on any atom is 0.253 e. The fourth-order valence-corrected chi connectivity index (χ4v) is 3.21. The Kier molecular flexibility index (Phi) is 7.19. The monoisotopic (exact) mass is 409 g/mol. The van der Waals surface area contributed by atoms with Crippen LogP contribution >= 0.6 is 0 Å². The molecule has 0 bridgehead atoms. The molecule has 2 aromatic rings. The highest BCUT2D eigenvalue weighted by Crippen LogP contribution is 2.19. The number of anilines is 2. The summed E-state index contributed by atoms with van der Waals surface area (Å²) in [6.07, 6.45) is 1.59. The molecule has 0 spiro atoms. The molecular formula is C23H27N3O4. The van der Waals surface area contributed by atoms with Gasteiger partial charge < -0.3 is 20.7 Å². The minimum Gasteiger partial charge on any atom is -0.368 e. The SMILES string of the molecule is CCC(=O)Nc1ccc(C(C)NC(=O)c2cccc(NC(=O)C3CCCO3)c2)cc1. The first-order valence-corrected chi connectivity index (χ1v) is 10.2. The van der Waals surface area contributed by atoms with Gasteiger partial charge in [-0.25, -0.2) is 0 Å². The minimum atomic E-state index is -0.424.